The Morgan fingerprint density at radius 2 is 1.88 bits per heavy atom. The van der Waals surface area contributed by atoms with Gasteiger partial charge in [-0.25, -0.2) is 0 Å². The number of aryl methyl sites for hydroxylation is 3. The SMILES string of the molecule is Cc1cc(-c2sc3c(c2C)CC(C)(C)CC3)c(C)cc1CN.O=CO. The number of rotatable bonds is 2. The van der Waals surface area contributed by atoms with Gasteiger partial charge in [0.25, 0.3) is 6.47 Å². The van der Waals surface area contributed by atoms with Gasteiger partial charge in [0.05, 0.1) is 0 Å². The summed E-state index contributed by atoms with van der Waals surface area (Å²) in [4.78, 5) is 11.5. The molecule has 4 heteroatoms. The lowest BCUT2D eigenvalue weighted by Gasteiger charge is -2.29. The maximum atomic E-state index is 8.36. The molecule has 2 aromatic rings. The summed E-state index contributed by atoms with van der Waals surface area (Å²) in [5.41, 5.74) is 14.8. The Morgan fingerprint density at radius 1 is 1.24 bits per heavy atom. The highest BCUT2D eigenvalue weighted by Crippen LogP contribution is 2.45. The fraction of sp³-hybridized carbons (Fsp3) is 0.476. The number of benzene rings is 1. The molecule has 1 aliphatic carbocycles. The Labute approximate surface area is 154 Å². The molecule has 3 N–H and O–H groups in total. The summed E-state index contributed by atoms with van der Waals surface area (Å²) < 4.78 is 0. The van der Waals surface area contributed by atoms with Crippen LogP contribution in [0.1, 0.15) is 53.0 Å². The van der Waals surface area contributed by atoms with Gasteiger partial charge in [-0.05, 0) is 78.8 Å². The van der Waals surface area contributed by atoms with E-state index in [0.29, 0.717) is 12.0 Å². The summed E-state index contributed by atoms with van der Waals surface area (Å²) in [5.74, 6) is 0. The van der Waals surface area contributed by atoms with Crippen LogP contribution in [0.4, 0.5) is 0 Å². The van der Waals surface area contributed by atoms with Crippen molar-refractivity contribution < 1.29 is 9.90 Å². The first-order valence-electron chi connectivity index (χ1n) is 8.73. The van der Waals surface area contributed by atoms with Crippen LogP contribution in [0.2, 0.25) is 0 Å². The zero-order chi connectivity index (χ0) is 18.8. The summed E-state index contributed by atoms with van der Waals surface area (Å²) in [6, 6.07) is 4.61. The summed E-state index contributed by atoms with van der Waals surface area (Å²) in [7, 11) is 0. The highest BCUT2D eigenvalue weighted by Gasteiger charge is 2.29. The van der Waals surface area contributed by atoms with Gasteiger partial charge in [-0.2, -0.15) is 0 Å². The van der Waals surface area contributed by atoms with Crippen molar-refractivity contribution in [3.05, 3.63) is 44.8 Å². The quantitative estimate of drug-likeness (QED) is 0.741. The predicted molar refractivity (Wildman–Crippen MR) is 106 cm³/mol. The van der Waals surface area contributed by atoms with Crippen LogP contribution in [0.3, 0.4) is 0 Å². The molecule has 3 rings (SSSR count). The summed E-state index contributed by atoms with van der Waals surface area (Å²) in [5, 5.41) is 6.89. The molecule has 1 heterocycles. The van der Waals surface area contributed by atoms with Crippen molar-refractivity contribution in [3.63, 3.8) is 0 Å². The van der Waals surface area contributed by atoms with Gasteiger partial charge in [0, 0.05) is 16.3 Å². The molecule has 136 valence electrons. The molecule has 0 unspecified atom stereocenters. The second-order valence-electron chi connectivity index (χ2n) is 7.70. The molecule has 0 fully saturated rings. The summed E-state index contributed by atoms with van der Waals surface area (Å²) in [6.07, 6.45) is 3.78. The standard InChI is InChI=1S/C20H27NS.CH2O2/c1-12-9-16(13(2)8-15(12)11-21)19-14(3)17-10-20(4,5)7-6-18(17)22-19;2-1-3/h8-9H,6-7,10-11,21H2,1-5H3;1H,(H,2,3). The minimum absolute atomic E-state index is 0.250. The fourth-order valence-electron chi connectivity index (χ4n) is 3.66. The van der Waals surface area contributed by atoms with E-state index in [-0.39, 0.29) is 6.47 Å². The van der Waals surface area contributed by atoms with E-state index in [0.717, 1.165) is 0 Å². The molecule has 1 aliphatic rings. The van der Waals surface area contributed by atoms with E-state index in [9.17, 15) is 0 Å². The molecule has 0 aliphatic heterocycles. The molecule has 1 aromatic heterocycles. The number of carboxylic acid groups (broad SMARTS) is 1. The van der Waals surface area contributed by atoms with E-state index in [1.165, 1.54) is 52.0 Å². The molecule has 0 saturated carbocycles. The minimum Gasteiger partial charge on any atom is -0.483 e. The van der Waals surface area contributed by atoms with Crippen LogP contribution in [0.15, 0.2) is 12.1 Å². The Morgan fingerprint density at radius 3 is 2.48 bits per heavy atom. The Balaban J connectivity index is 0.000000701. The Bertz CT molecular complexity index is 775. The maximum Gasteiger partial charge on any atom is 0.290 e. The lowest BCUT2D eigenvalue weighted by Crippen LogP contribution is -2.21. The fourth-order valence-corrected chi connectivity index (χ4v) is 5.06. The summed E-state index contributed by atoms with van der Waals surface area (Å²) >= 11 is 2.02. The average molecular weight is 360 g/mol. The highest BCUT2D eigenvalue weighted by atomic mass is 32.1. The average Bonchev–Trinajstić information content (AvgIpc) is 2.85. The van der Waals surface area contributed by atoms with Crippen molar-refractivity contribution in [1.29, 1.82) is 0 Å². The molecule has 0 amide bonds. The molecule has 0 saturated heterocycles. The highest BCUT2D eigenvalue weighted by molar-refractivity contribution is 7.16. The first kappa shape index (κ1) is 19.7. The minimum atomic E-state index is -0.250. The van der Waals surface area contributed by atoms with E-state index in [1.807, 2.05) is 11.3 Å². The third-order valence-corrected chi connectivity index (χ3v) is 6.61. The van der Waals surface area contributed by atoms with Gasteiger partial charge >= 0.3 is 0 Å². The van der Waals surface area contributed by atoms with E-state index in [2.05, 4.69) is 46.8 Å². The van der Waals surface area contributed by atoms with Crippen LogP contribution in [0.5, 0.6) is 0 Å². The molecule has 0 radical (unpaired) electrons. The third-order valence-electron chi connectivity index (χ3n) is 5.19. The van der Waals surface area contributed by atoms with E-state index in [4.69, 9.17) is 15.6 Å². The second-order valence-corrected chi connectivity index (χ2v) is 8.81. The van der Waals surface area contributed by atoms with Crippen molar-refractivity contribution in [2.75, 3.05) is 0 Å². The van der Waals surface area contributed by atoms with Gasteiger partial charge in [0.15, 0.2) is 0 Å². The molecular formula is C21H29NO2S. The lowest BCUT2D eigenvalue weighted by molar-refractivity contribution is -0.122. The Hall–Kier alpha value is -1.65. The van der Waals surface area contributed by atoms with Crippen molar-refractivity contribution in [2.24, 2.45) is 11.1 Å². The number of carbonyl (C=O) groups is 1. The molecular weight excluding hydrogens is 330 g/mol. The lowest BCUT2D eigenvalue weighted by atomic mass is 9.76. The Kier molecular flexibility index (Phi) is 6.07. The van der Waals surface area contributed by atoms with Crippen molar-refractivity contribution >= 4 is 17.8 Å². The second kappa shape index (κ2) is 7.71. The smallest absolute Gasteiger partial charge is 0.290 e. The number of hydrogen-bond acceptors (Lipinski definition) is 3. The van der Waals surface area contributed by atoms with Crippen molar-refractivity contribution in [1.82, 2.24) is 0 Å². The predicted octanol–water partition coefficient (Wildman–Crippen LogP) is 5.01. The summed E-state index contributed by atoms with van der Waals surface area (Å²) in [6.45, 7) is 11.9. The van der Waals surface area contributed by atoms with E-state index >= 15 is 0 Å². The third kappa shape index (κ3) is 4.13. The monoisotopic (exact) mass is 359 g/mol. The maximum absolute atomic E-state index is 8.36. The van der Waals surface area contributed by atoms with Crippen molar-refractivity contribution in [3.8, 4) is 10.4 Å². The van der Waals surface area contributed by atoms with Gasteiger partial charge in [-0.1, -0.05) is 26.0 Å². The molecule has 25 heavy (non-hydrogen) atoms. The van der Waals surface area contributed by atoms with Gasteiger partial charge in [0.1, 0.15) is 0 Å². The number of fused-ring (bicyclic) bond motifs is 1. The van der Waals surface area contributed by atoms with Gasteiger partial charge < -0.3 is 10.8 Å². The van der Waals surface area contributed by atoms with Crippen LogP contribution in [-0.2, 0) is 24.2 Å². The first-order valence-corrected chi connectivity index (χ1v) is 9.55. The van der Waals surface area contributed by atoms with Gasteiger partial charge in [-0.15, -0.1) is 11.3 Å². The van der Waals surface area contributed by atoms with Crippen molar-refractivity contribution in [2.45, 2.75) is 60.4 Å². The van der Waals surface area contributed by atoms with Crippen LogP contribution >= 0.6 is 11.3 Å². The zero-order valence-corrected chi connectivity index (χ0v) is 16.7. The van der Waals surface area contributed by atoms with E-state index < -0.39 is 0 Å². The van der Waals surface area contributed by atoms with Crippen LogP contribution in [-0.4, -0.2) is 11.6 Å². The van der Waals surface area contributed by atoms with Crippen LogP contribution < -0.4 is 5.73 Å². The number of nitrogens with two attached hydrogens (primary N) is 1. The molecule has 3 nitrogen and oxygen atoms in total. The largest absolute Gasteiger partial charge is 0.483 e. The van der Waals surface area contributed by atoms with Gasteiger partial charge in [-0.3, -0.25) is 4.79 Å². The molecule has 0 atom stereocenters. The topological polar surface area (TPSA) is 63.3 Å². The molecule has 0 bridgehead atoms. The zero-order valence-electron chi connectivity index (χ0n) is 15.9. The molecule has 1 aromatic carbocycles. The van der Waals surface area contributed by atoms with Crippen LogP contribution in [0, 0.1) is 26.2 Å². The molecule has 0 spiro atoms. The number of hydrogen-bond donors (Lipinski definition) is 2. The van der Waals surface area contributed by atoms with E-state index in [1.54, 1.807) is 10.4 Å². The first-order chi connectivity index (χ1) is 11.7. The normalized spacial score (nSPS) is 15.1. The number of thiophene rings is 1. The van der Waals surface area contributed by atoms with Gasteiger partial charge in [0.2, 0.25) is 0 Å². The van der Waals surface area contributed by atoms with Crippen LogP contribution in [0.25, 0.3) is 10.4 Å².